The van der Waals surface area contributed by atoms with Crippen LogP contribution >= 0.6 is 0 Å². The van der Waals surface area contributed by atoms with Crippen LogP contribution in [-0.4, -0.2) is 53.7 Å². The van der Waals surface area contributed by atoms with Gasteiger partial charge >= 0.3 is 0 Å². The molecule has 2 rings (SSSR count). The Morgan fingerprint density at radius 1 is 1.45 bits per heavy atom. The maximum absolute atomic E-state index is 12.0. The van der Waals surface area contributed by atoms with Gasteiger partial charge in [-0.1, -0.05) is 0 Å². The van der Waals surface area contributed by atoms with E-state index < -0.39 is 5.54 Å². The quantitative estimate of drug-likeness (QED) is 0.803. The number of nitrogens with one attached hydrogen (secondary N) is 1. The third-order valence-corrected chi connectivity index (χ3v) is 4.68. The molecule has 1 heterocycles. The first-order valence-corrected chi connectivity index (χ1v) is 7.69. The first-order chi connectivity index (χ1) is 9.27. The molecule has 1 amide bonds. The highest BCUT2D eigenvalue weighted by atomic mass is 16.5. The summed E-state index contributed by atoms with van der Waals surface area (Å²) in [5, 5.41) is 3.42. The summed E-state index contributed by atoms with van der Waals surface area (Å²) in [6.07, 6.45) is 2.66. The van der Waals surface area contributed by atoms with Gasteiger partial charge in [-0.25, -0.2) is 0 Å². The molecule has 5 nitrogen and oxygen atoms in total. The number of nitrogens with two attached hydrogens (primary N) is 1. The van der Waals surface area contributed by atoms with Crippen LogP contribution in [0.25, 0.3) is 0 Å². The normalized spacial score (nSPS) is 34.5. The van der Waals surface area contributed by atoms with Crippen LogP contribution in [0.5, 0.6) is 0 Å². The molecule has 5 heteroatoms. The zero-order chi connectivity index (χ0) is 15.0. The van der Waals surface area contributed by atoms with E-state index in [1.807, 2.05) is 0 Å². The van der Waals surface area contributed by atoms with Gasteiger partial charge in [-0.3, -0.25) is 9.69 Å². The number of amides is 1. The van der Waals surface area contributed by atoms with Crippen LogP contribution in [0, 0.1) is 0 Å². The molecule has 116 valence electrons. The van der Waals surface area contributed by atoms with Crippen molar-refractivity contribution >= 4 is 5.91 Å². The zero-order valence-electron chi connectivity index (χ0n) is 13.2. The molecule has 0 aromatic carbocycles. The Hall–Kier alpha value is -0.650. The largest absolute Gasteiger partial charge is 0.378 e. The van der Waals surface area contributed by atoms with Crippen molar-refractivity contribution in [2.24, 2.45) is 5.73 Å². The third kappa shape index (κ3) is 3.00. The van der Waals surface area contributed by atoms with Gasteiger partial charge in [0.25, 0.3) is 0 Å². The molecule has 0 radical (unpaired) electrons. The number of carbonyl (C=O) groups excluding carboxylic acids is 1. The molecule has 2 atom stereocenters. The lowest BCUT2D eigenvalue weighted by atomic mass is 9.93. The van der Waals surface area contributed by atoms with Crippen LogP contribution in [0.1, 0.15) is 47.0 Å². The van der Waals surface area contributed by atoms with Crippen LogP contribution in [0.15, 0.2) is 0 Å². The van der Waals surface area contributed by atoms with Gasteiger partial charge in [0.1, 0.15) is 0 Å². The van der Waals surface area contributed by atoms with E-state index in [0.29, 0.717) is 6.04 Å². The zero-order valence-corrected chi connectivity index (χ0v) is 13.2. The van der Waals surface area contributed by atoms with E-state index >= 15 is 0 Å². The fraction of sp³-hybridized carbons (Fsp3) is 0.933. The lowest BCUT2D eigenvalue weighted by Crippen LogP contribution is -2.60. The van der Waals surface area contributed by atoms with Crippen LogP contribution in [-0.2, 0) is 9.53 Å². The number of ether oxygens (including phenoxy) is 1. The lowest BCUT2D eigenvalue weighted by molar-refractivity contribution is -0.125. The minimum absolute atomic E-state index is 0.0362. The van der Waals surface area contributed by atoms with Gasteiger partial charge < -0.3 is 15.8 Å². The Kier molecular flexibility index (Phi) is 4.42. The van der Waals surface area contributed by atoms with Gasteiger partial charge in [0.15, 0.2) is 0 Å². The summed E-state index contributed by atoms with van der Waals surface area (Å²) in [7, 11) is 0. The Morgan fingerprint density at radius 3 is 2.70 bits per heavy atom. The Morgan fingerprint density at radius 2 is 2.15 bits per heavy atom. The van der Waals surface area contributed by atoms with E-state index in [2.05, 4.69) is 37.9 Å². The van der Waals surface area contributed by atoms with Gasteiger partial charge in [0.05, 0.1) is 18.8 Å². The van der Waals surface area contributed by atoms with E-state index in [9.17, 15) is 4.79 Å². The summed E-state index contributed by atoms with van der Waals surface area (Å²) >= 11 is 0. The smallest absolute Gasteiger partial charge is 0.237 e. The van der Waals surface area contributed by atoms with Crippen molar-refractivity contribution in [2.75, 3.05) is 19.8 Å². The maximum atomic E-state index is 12.0. The minimum Gasteiger partial charge on any atom is -0.378 e. The Bertz CT molecular complexity index is 370. The van der Waals surface area contributed by atoms with Crippen molar-refractivity contribution in [3.63, 3.8) is 0 Å². The average molecular weight is 283 g/mol. The van der Waals surface area contributed by atoms with Gasteiger partial charge in [-0.15, -0.1) is 0 Å². The van der Waals surface area contributed by atoms with Crippen molar-refractivity contribution in [3.05, 3.63) is 0 Å². The number of carbonyl (C=O) groups is 1. The lowest BCUT2D eigenvalue weighted by Gasteiger charge is -2.46. The number of morpholine rings is 1. The molecule has 0 aromatic rings. The standard InChI is InChI=1S/C15H29N3O2/c1-11(2)17-15(13(16)19)6-5-12(9-15)18-7-8-20-10-14(18,3)4/h11-12,17H,5-10H2,1-4H3,(H2,16,19). The van der Waals surface area contributed by atoms with Gasteiger partial charge in [0.2, 0.25) is 5.91 Å². The van der Waals surface area contributed by atoms with Crippen LogP contribution in [0.3, 0.4) is 0 Å². The fourth-order valence-corrected chi connectivity index (χ4v) is 3.81. The van der Waals surface area contributed by atoms with Crippen molar-refractivity contribution < 1.29 is 9.53 Å². The second-order valence-electron chi connectivity index (χ2n) is 7.20. The maximum Gasteiger partial charge on any atom is 0.237 e. The predicted molar refractivity (Wildman–Crippen MR) is 79.4 cm³/mol. The molecule has 2 fully saturated rings. The monoisotopic (exact) mass is 283 g/mol. The number of hydrogen-bond donors (Lipinski definition) is 2. The number of nitrogens with zero attached hydrogens (tertiary/aromatic N) is 1. The molecule has 0 spiro atoms. The van der Waals surface area contributed by atoms with E-state index in [1.165, 1.54) is 0 Å². The second-order valence-corrected chi connectivity index (χ2v) is 7.20. The number of rotatable bonds is 4. The first-order valence-electron chi connectivity index (χ1n) is 7.69. The predicted octanol–water partition coefficient (Wildman–Crippen LogP) is 0.872. The molecule has 2 aliphatic rings. The van der Waals surface area contributed by atoms with E-state index in [-0.39, 0.29) is 17.5 Å². The average Bonchev–Trinajstić information content (AvgIpc) is 2.72. The summed E-state index contributed by atoms with van der Waals surface area (Å²) in [4.78, 5) is 14.5. The summed E-state index contributed by atoms with van der Waals surface area (Å²) in [6, 6.07) is 0.673. The molecule has 1 aliphatic carbocycles. The van der Waals surface area contributed by atoms with Gasteiger partial charge in [-0.2, -0.15) is 0 Å². The summed E-state index contributed by atoms with van der Waals surface area (Å²) < 4.78 is 5.59. The van der Waals surface area contributed by atoms with Crippen molar-refractivity contribution in [1.82, 2.24) is 10.2 Å². The number of hydrogen-bond acceptors (Lipinski definition) is 4. The molecule has 20 heavy (non-hydrogen) atoms. The minimum atomic E-state index is -0.535. The molecule has 1 saturated carbocycles. The molecule has 1 aliphatic heterocycles. The molecule has 0 aromatic heterocycles. The fourth-order valence-electron chi connectivity index (χ4n) is 3.81. The van der Waals surface area contributed by atoms with Gasteiger partial charge in [0, 0.05) is 24.2 Å². The van der Waals surface area contributed by atoms with E-state index in [0.717, 1.165) is 39.0 Å². The Labute approximate surface area is 122 Å². The molecule has 2 unspecified atom stereocenters. The highest BCUT2D eigenvalue weighted by molar-refractivity contribution is 5.85. The van der Waals surface area contributed by atoms with Crippen LogP contribution in [0.2, 0.25) is 0 Å². The highest BCUT2D eigenvalue weighted by Gasteiger charge is 2.48. The molecular weight excluding hydrogens is 254 g/mol. The molecule has 3 N–H and O–H groups in total. The third-order valence-electron chi connectivity index (χ3n) is 4.68. The molecule has 0 bridgehead atoms. The highest BCUT2D eigenvalue weighted by Crippen LogP contribution is 2.37. The van der Waals surface area contributed by atoms with Crippen molar-refractivity contribution in [2.45, 2.75) is 70.1 Å². The van der Waals surface area contributed by atoms with Crippen molar-refractivity contribution in [1.29, 1.82) is 0 Å². The number of primary amides is 1. The summed E-state index contributed by atoms with van der Waals surface area (Å²) in [5.74, 6) is -0.209. The SMILES string of the molecule is CC(C)NC1(C(N)=O)CCC(N2CCOCC2(C)C)C1. The first kappa shape index (κ1) is 15.7. The second kappa shape index (κ2) is 5.62. The van der Waals surface area contributed by atoms with Crippen LogP contribution in [0.4, 0.5) is 0 Å². The van der Waals surface area contributed by atoms with E-state index in [1.54, 1.807) is 0 Å². The topological polar surface area (TPSA) is 67.6 Å². The molecular formula is C15H29N3O2. The van der Waals surface area contributed by atoms with Gasteiger partial charge in [-0.05, 0) is 47.0 Å². The molecule has 1 saturated heterocycles. The van der Waals surface area contributed by atoms with Crippen molar-refractivity contribution in [3.8, 4) is 0 Å². The van der Waals surface area contributed by atoms with E-state index in [4.69, 9.17) is 10.5 Å². The Balaban J connectivity index is 2.11. The van der Waals surface area contributed by atoms with Crippen LogP contribution < -0.4 is 11.1 Å². The summed E-state index contributed by atoms with van der Waals surface area (Å²) in [6.45, 7) is 11.0. The summed E-state index contributed by atoms with van der Waals surface area (Å²) in [5.41, 5.74) is 5.20.